The Balaban J connectivity index is 1.09. The topological polar surface area (TPSA) is 118 Å². The number of nitrogens with one attached hydrogen (secondary N) is 2. The second-order valence-corrected chi connectivity index (χ2v) is 11.4. The van der Waals surface area contributed by atoms with Crippen LogP contribution in [0.3, 0.4) is 0 Å². The summed E-state index contributed by atoms with van der Waals surface area (Å²) in [5.74, 6) is 0.608. The van der Waals surface area contributed by atoms with E-state index >= 15 is 0 Å². The highest BCUT2D eigenvalue weighted by Crippen LogP contribution is 2.38. The molecule has 3 amide bonds. The molecule has 1 aliphatic heterocycles. The Kier molecular flexibility index (Phi) is 7.21. The summed E-state index contributed by atoms with van der Waals surface area (Å²) in [6.45, 7) is 2.45. The molecule has 0 radical (unpaired) electrons. The first kappa shape index (κ1) is 26.9. The van der Waals surface area contributed by atoms with Crippen molar-refractivity contribution < 1.29 is 19.1 Å². The van der Waals surface area contributed by atoms with E-state index in [-0.39, 0.29) is 35.4 Å². The smallest absolute Gasteiger partial charge is 0.275 e. The van der Waals surface area contributed by atoms with E-state index in [0.717, 1.165) is 39.9 Å². The summed E-state index contributed by atoms with van der Waals surface area (Å²) >= 11 is 3.60. The summed E-state index contributed by atoms with van der Waals surface area (Å²) in [4.78, 5) is 49.6. The molecule has 11 heteroatoms. The number of nitrogens with zero attached hydrogens (tertiary/aromatic N) is 4. The third-order valence-electron chi connectivity index (χ3n) is 7.93. The van der Waals surface area contributed by atoms with E-state index in [4.69, 9.17) is 4.74 Å². The zero-order valence-electron chi connectivity index (χ0n) is 22.7. The van der Waals surface area contributed by atoms with Crippen LogP contribution in [0.15, 0.2) is 59.5 Å². The number of aryl methyl sites for hydroxylation is 1. The summed E-state index contributed by atoms with van der Waals surface area (Å²) < 4.78 is 7.80. The first-order chi connectivity index (χ1) is 19.8. The molecule has 10 nitrogen and oxygen atoms in total. The monoisotopic (exact) mass is 616 g/mol. The quantitative estimate of drug-likeness (QED) is 0.307. The summed E-state index contributed by atoms with van der Waals surface area (Å²) in [6, 6.07) is 11.0. The van der Waals surface area contributed by atoms with Crippen molar-refractivity contribution >= 4 is 50.8 Å². The van der Waals surface area contributed by atoms with Gasteiger partial charge >= 0.3 is 0 Å². The van der Waals surface area contributed by atoms with Gasteiger partial charge < -0.3 is 20.3 Å². The summed E-state index contributed by atoms with van der Waals surface area (Å²) in [5, 5.41) is 5.88. The van der Waals surface area contributed by atoms with Crippen molar-refractivity contribution in [3.8, 4) is 5.75 Å². The fourth-order valence-corrected chi connectivity index (χ4v) is 6.26. The van der Waals surface area contributed by atoms with Gasteiger partial charge in [-0.1, -0.05) is 22.0 Å². The normalized spacial score (nSPS) is 18.3. The number of ether oxygens (including phenoxy) is 1. The molecule has 1 fully saturated rings. The maximum Gasteiger partial charge on any atom is 0.275 e. The van der Waals surface area contributed by atoms with Gasteiger partial charge in [0.2, 0.25) is 11.7 Å². The highest BCUT2D eigenvalue weighted by atomic mass is 79.9. The average molecular weight is 618 g/mol. The van der Waals surface area contributed by atoms with Crippen molar-refractivity contribution in [2.75, 3.05) is 17.7 Å². The van der Waals surface area contributed by atoms with Gasteiger partial charge in [0, 0.05) is 64.6 Å². The molecule has 6 rings (SSSR count). The van der Waals surface area contributed by atoms with Gasteiger partial charge in [-0.25, -0.2) is 9.97 Å². The zero-order chi connectivity index (χ0) is 28.7. The van der Waals surface area contributed by atoms with Crippen molar-refractivity contribution in [3.05, 3.63) is 81.8 Å². The van der Waals surface area contributed by atoms with Crippen LogP contribution in [0, 0.1) is 12.8 Å². The second-order valence-electron chi connectivity index (χ2n) is 10.5. The highest BCUT2D eigenvalue weighted by molar-refractivity contribution is 9.10. The number of aromatic nitrogens is 3. The fourth-order valence-electron chi connectivity index (χ4n) is 5.68. The average Bonchev–Trinajstić information content (AvgIpc) is 3.56. The third-order valence-corrected chi connectivity index (χ3v) is 8.63. The lowest BCUT2D eigenvalue weighted by Crippen LogP contribution is -2.40. The Morgan fingerprint density at radius 1 is 1.07 bits per heavy atom. The number of methoxy groups -OCH3 is 1. The van der Waals surface area contributed by atoms with Crippen LogP contribution in [0.25, 0.3) is 5.78 Å². The number of rotatable bonds is 6. The highest BCUT2D eigenvalue weighted by Gasteiger charge is 2.37. The number of hydrogen-bond donors (Lipinski definition) is 2. The molecular formula is C30H29BrN6O4. The first-order valence-corrected chi connectivity index (χ1v) is 14.3. The van der Waals surface area contributed by atoms with Gasteiger partial charge in [-0.2, -0.15) is 0 Å². The SMILES string of the molecule is COc1cc(NC(=O)C2CCC(N3Cc4c(Br)cc(NC(=O)c5cn6cccnc6n5)cc4C3=O)CC2)ccc1C. The van der Waals surface area contributed by atoms with E-state index in [1.165, 1.54) is 0 Å². The standard InChI is InChI=1S/C30H29BrN6O4/c1-17-4-7-19(14-26(17)41-2)33-27(38)18-5-8-21(9-6-18)37-15-23-22(29(37)40)12-20(13-24(23)31)34-28(39)25-16-36-11-3-10-32-30(36)35-25/h3-4,7,10-14,16,18,21H,5-6,8-9,15H2,1-2H3,(H,33,38)(H,34,39). The second kappa shape index (κ2) is 11.0. The molecule has 210 valence electrons. The number of carbonyl (C=O) groups excluding carboxylic acids is 3. The number of anilines is 2. The molecule has 1 saturated carbocycles. The van der Waals surface area contributed by atoms with Crippen LogP contribution in [0.5, 0.6) is 5.75 Å². The lowest BCUT2D eigenvalue weighted by atomic mass is 9.84. The van der Waals surface area contributed by atoms with E-state index < -0.39 is 0 Å². The van der Waals surface area contributed by atoms with Crippen molar-refractivity contribution in [2.45, 2.75) is 45.2 Å². The van der Waals surface area contributed by atoms with Gasteiger partial charge in [0.15, 0.2) is 0 Å². The van der Waals surface area contributed by atoms with Crippen LogP contribution in [0.2, 0.25) is 0 Å². The largest absolute Gasteiger partial charge is 0.496 e. The van der Waals surface area contributed by atoms with Crippen molar-refractivity contribution in [3.63, 3.8) is 0 Å². The van der Waals surface area contributed by atoms with E-state index in [2.05, 4.69) is 36.5 Å². The van der Waals surface area contributed by atoms with E-state index in [0.29, 0.717) is 36.4 Å². The third kappa shape index (κ3) is 5.29. The Morgan fingerprint density at radius 2 is 1.88 bits per heavy atom. The number of halogens is 1. The Morgan fingerprint density at radius 3 is 2.63 bits per heavy atom. The van der Waals surface area contributed by atoms with Gasteiger partial charge in [0.05, 0.1) is 7.11 Å². The molecule has 0 spiro atoms. The van der Waals surface area contributed by atoms with E-state index in [1.54, 1.807) is 42.2 Å². The number of fused-ring (bicyclic) bond motifs is 2. The predicted molar refractivity (Wildman–Crippen MR) is 157 cm³/mol. The van der Waals surface area contributed by atoms with Crippen LogP contribution in [-0.2, 0) is 11.3 Å². The lowest BCUT2D eigenvalue weighted by molar-refractivity contribution is -0.121. The summed E-state index contributed by atoms with van der Waals surface area (Å²) in [7, 11) is 1.61. The number of benzene rings is 2. The summed E-state index contributed by atoms with van der Waals surface area (Å²) in [6.07, 6.45) is 7.90. The minimum atomic E-state index is -0.384. The van der Waals surface area contributed by atoms with Crippen LogP contribution < -0.4 is 15.4 Å². The predicted octanol–water partition coefficient (Wildman–Crippen LogP) is 5.21. The molecule has 41 heavy (non-hydrogen) atoms. The van der Waals surface area contributed by atoms with Crippen LogP contribution in [0.4, 0.5) is 11.4 Å². The van der Waals surface area contributed by atoms with Gasteiger partial charge in [-0.05, 0) is 68.0 Å². The Labute approximate surface area is 245 Å². The fraction of sp³-hybridized carbons (Fsp3) is 0.300. The van der Waals surface area contributed by atoms with Gasteiger partial charge in [0.1, 0.15) is 11.4 Å². The van der Waals surface area contributed by atoms with Crippen LogP contribution in [0.1, 0.15) is 57.7 Å². The Bertz CT molecular complexity index is 1640. The van der Waals surface area contributed by atoms with Gasteiger partial charge in [-0.15, -0.1) is 0 Å². The van der Waals surface area contributed by atoms with Gasteiger partial charge in [-0.3, -0.25) is 18.8 Å². The molecule has 0 saturated heterocycles. The number of amides is 3. The first-order valence-electron chi connectivity index (χ1n) is 13.5. The molecule has 0 atom stereocenters. The number of hydrogen-bond acceptors (Lipinski definition) is 6. The lowest BCUT2D eigenvalue weighted by Gasteiger charge is -2.34. The molecule has 0 unspecified atom stereocenters. The summed E-state index contributed by atoms with van der Waals surface area (Å²) in [5.41, 5.74) is 3.94. The van der Waals surface area contributed by atoms with E-state index in [1.807, 2.05) is 36.1 Å². The molecule has 2 N–H and O–H groups in total. The van der Waals surface area contributed by atoms with Crippen molar-refractivity contribution in [2.24, 2.45) is 5.92 Å². The molecule has 0 bridgehead atoms. The zero-order valence-corrected chi connectivity index (χ0v) is 24.3. The van der Waals surface area contributed by atoms with Gasteiger partial charge in [0.25, 0.3) is 11.8 Å². The van der Waals surface area contributed by atoms with Crippen LogP contribution >= 0.6 is 15.9 Å². The molecule has 2 aromatic heterocycles. The molecule has 2 aromatic carbocycles. The number of imidazole rings is 1. The molecule has 3 heterocycles. The van der Waals surface area contributed by atoms with Crippen molar-refractivity contribution in [1.29, 1.82) is 0 Å². The maximum absolute atomic E-state index is 13.5. The molecular weight excluding hydrogens is 588 g/mol. The molecule has 2 aliphatic rings. The Hall–Kier alpha value is -4.25. The number of carbonyl (C=O) groups is 3. The minimum Gasteiger partial charge on any atom is -0.496 e. The molecule has 4 aromatic rings. The van der Waals surface area contributed by atoms with Crippen LogP contribution in [-0.4, -0.2) is 50.1 Å². The van der Waals surface area contributed by atoms with E-state index in [9.17, 15) is 14.4 Å². The minimum absolute atomic E-state index is 0.00471. The maximum atomic E-state index is 13.5. The molecule has 1 aliphatic carbocycles. The van der Waals surface area contributed by atoms with Crippen molar-refractivity contribution in [1.82, 2.24) is 19.3 Å².